The van der Waals surface area contributed by atoms with Crippen molar-refractivity contribution < 1.29 is 19.6 Å². The van der Waals surface area contributed by atoms with Crippen LogP contribution in [0.4, 0.5) is 10.8 Å². The number of rotatable bonds is 4. The molecule has 1 fully saturated rings. The molecule has 1 unspecified atom stereocenters. The molecule has 8 nitrogen and oxygen atoms in total. The van der Waals surface area contributed by atoms with Gasteiger partial charge < -0.3 is 5.11 Å². The predicted octanol–water partition coefficient (Wildman–Crippen LogP) is 5.85. The normalized spacial score (nSPS) is 17.6. The minimum Gasteiger partial charge on any atom is -0.507 e. The number of aromatic nitrogens is 1. The third-order valence-electron chi connectivity index (χ3n) is 5.47. The van der Waals surface area contributed by atoms with Gasteiger partial charge in [-0.3, -0.25) is 24.6 Å². The third-order valence-corrected chi connectivity index (χ3v) is 7.82. The number of carbonyl (C=O) groups is 2. The van der Waals surface area contributed by atoms with E-state index < -0.39 is 28.4 Å². The minimum absolute atomic E-state index is 0.102. The van der Waals surface area contributed by atoms with Gasteiger partial charge in [0, 0.05) is 27.6 Å². The molecule has 34 heavy (non-hydrogen) atoms. The fourth-order valence-electron chi connectivity index (χ4n) is 3.78. The predicted molar refractivity (Wildman–Crippen MR) is 132 cm³/mol. The van der Waals surface area contributed by atoms with E-state index in [9.17, 15) is 24.8 Å². The number of nitro groups is 1. The average molecular weight is 512 g/mol. The first-order valence-corrected chi connectivity index (χ1v) is 12.0. The number of nitro benzene ring substituents is 1. The first kappa shape index (κ1) is 22.2. The van der Waals surface area contributed by atoms with Gasteiger partial charge in [0.1, 0.15) is 11.8 Å². The number of aliphatic hydroxyl groups excluding tert-OH is 1. The number of anilines is 1. The molecule has 11 heteroatoms. The molecule has 0 spiro atoms. The Bertz CT molecular complexity index is 1470. The number of benzene rings is 2. The molecule has 1 amide bonds. The molecular weight excluding hydrogens is 498 g/mol. The summed E-state index contributed by atoms with van der Waals surface area (Å²) >= 11 is 8.81. The lowest BCUT2D eigenvalue weighted by molar-refractivity contribution is -0.384. The zero-order valence-electron chi connectivity index (χ0n) is 17.4. The highest BCUT2D eigenvalue weighted by Crippen LogP contribution is 2.45. The summed E-state index contributed by atoms with van der Waals surface area (Å²) in [7, 11) is 0. The lowest BCUT2D eigenvalue weighted by Crippen LogP contribution is -2.28. The Morgan fingerprint density at radius 2 is 1.94 bits per heavy atom. The number of hydrogen-bond donors (Lipinski definition) is 1. The molecule has 1 atom stereocenters. The molecule has 1 aliphatic rings. The number of hydrogen-bond acceptors (Lipinski definition) is 8. The zero-order chi connectivity index (χ0) is 24.1. The smallest absolute Gasteiger partial charge is 0.301 e. The van der Waals surface area contributed by atoms with Crippen LogP contribution in [-0.4, -0.2) is 26.7 Å². The molecular formula is C23H14ClN3O5S2. The SMILES string of the molecule is Cc1cc2sc(N3C(=O)C(=O)/C(=C(/O)c4ccc([N+](=O)[O-])cc4)C3c3cccs3)nc2cc1Cl. The summed E-state index contributed by atoms with van der Waals surface area (Å²) in [5.41, 5.74) is 1.39. The minimum atomic E-state index is -0.896. The van der Waals surface area contributed by atoms with E-state index in [0.29, 0.717) is 20.5 Å². The average Bonchev–Trinajstić information content (AvgIpc) is 3.53. The van der Waals surface area contributed by atoms with Crippen molar-refractivity contribution in [2.24, 2.45) is 0 Å². The van der Waals surface area contributed by atoms with Crippen molar-refractivity contribution in [2.45, 2.75) is 13.0 Å². The largest absolute Gasteiger partial charge is 0.507 e. The van der Waals surface area contributed by atoms with E-state index in [0.717, 1.165) is 10.3 Å². The van der Waals surface area contributed by atoms with Gasteiger partial charge in [-0.1, -0.05) is 29.0 Å². The van der Waals surface area contributed by atoms with Crippen molar-refractivity contribution in [3.8, 4) is 0 Å². The lowest BCUT2D eigenvalue weighted by Gasteiger charge is -2.21. The Morgan fingerprint density at radius 1 is 1.21 bits per heavy atom. The molecule has 2 aromatic carbocycles. The second-order valence-electron chi connectivity index (χ2n) is 7.55. The Balaban J connectivity index is 1.68. The number of halogens is 1. The van der Waals surface area contributed by atoms with E-state index in [1.54, 1.807) is 18.2 Å². The van der Waals surface area contributed by atoms with E-state index in [1.807, 2.05) is 18.4 Å². The van der Waals surface area contributed by atoms with Crippen molar-refractivity contribution in [2.75, 3.05) is 4.90 Å². The fraction of sp³-hybridized carbons (Fsp3) is 0.0870. The number of thiophene rings is 1. The number of fused-ring (bicyclic) bond motifs is 1. The van der Waals surface area contributed by atoms with E-state index in [2.05, 4.69) is 4.98 Å². The maximum absolute atomic E-state index is 13.2. The summed E-state index contributed by atoms with van der Waals surface area (Å²) in [4.78, 5) is 43.3. The summed E-state index contributed by atoms with van der Waals surface area (Å²) < 4.78 is 0.805. The molecule has 1 aliphatic heterocycles. The molecule has 0 bridgehead atoms. The van der Waals surface area contributed by atoms with Crippen LogP contribution in [0.15, 0.2) is 59.5 Å². The van der Waals surface area contributed by atoms with Gasteiger partial charge in [-0.2, -0.15) is 0 Å². The highest BCUT2D eigenvalue weighted by Gasteiger charge is 2.48. The van der Waals surface area contributed by atoms with Crippen molar-refractivity contribution in [3.05, 3.63) is 90.6 Å². The van der Waals surface area contributed by atoms with E-state index in [4.69, 9.17) is 11.6 Å². The van der Waals surface area contributed by atoms with Crippen molar-refractivity contribution in [1.82, 2.24) is 4.98 Å². The van der Waals surface area contributed by atoms with Gasteiger partial charge in [-0.15, -0.1) is 11.3 Å². The monoisotopic (exact) mass is 511 g/mol. The zero-order valence-corrected chi connectivity index (χ0v) is 19.8. The summed E-state index contributed by atoms with van der Waals surface area (Å²) in [6, 6.07) is 11.4. The second-order valence-corrected chi connectivity index (χ2v) is 9.95. The van der Waals surface area contributed by atoms with E-state index in [1.165, 1.54) is 51.8 Å². The number of carbonyl (C=O) groups excluding carboxylic acids is 2. The van der Waals surface area contributed by atoms with Gasteiger partial charge >= 0.3 is 5.91 Å². The maximum atomic E-state index is 13.2. The number of Topliss-reactive ketones (excluding diaryl/α,β-unsaturated/α-hetero) is 1. The first-order chi connectivity index (χ1) is 16.3. The van der Waals surface area contributed by atoms with Crippen LogP contribution in [0.3, 0.4) is 0 Å². The van der Waals surface area contributed by atoms with Gasteiger partial charge in [0.2, 0.25) is 0 Å². The summed E-state index contributed by atoms with van der Waals surface area (Å²) in [5.74, 6) is -2.08. The molecule has 0 saturated carbocycles. The van der Waals surface area contributed by atoms with Crippen LogP contribution in [0.2, 0.25) is 5.02 Å². The van der Waals surface area contributed by atoms with E-state index >= 15 is 0 Å². The topological polar surface area (TPSA) is 114 Å². The fourth-order valence-corrected chi connectivity index (χ4v) is 5.84. The number of amides is 1. The molecule has 4 aromatic rings. The third kappa shape index (κ3) is 3.56. The Hall–Kier alpha value is -3.60. The molecule has 5 rings (SSSR count). The number of aryl methyl sites for hydroxylation is 1. The van der Waals surface area contributed by atoms with Crippen LogP contribution >= 0.6 is 34.3 Å². The number of thiazole rings is 1. The number of non-ortho nitro benzene ring substituents is 1. The van der Waals surface area contributed by atoms with Crippen molar-refractivity contribution in [3.63, 3.8) is 0 Å². The Morgan fingerprint density at radius 3 is 2.59 bits per heavy atom. The van der Waals surface area contributed by atoms with Gasteiger partial charge in [0.25, 0.3) is 11.5 Å². The van der Waals surface area contributed by atoms with Crippen LogP contribution in [0.5, 0.6) is 0 Å². The van der Waals surface area contributed by atoms with Crippen LogP contribution in [0, 0.1) is 17.0 Å². The van der Waals surface area contributed by atoms with Gasteiger partial charge in [0.15, 0.2) is 5.13 Å². The molecule has 1 saturated heterocycles. The standard InChI is InChI=1S/C23H14ClN3O5S2/c1-11-9-17-15(10-14(11)24)25-23(34-17)26-19(16-3-2-8-33-16)18(21(29)22(26)30)20(28)12-4-6-13(7-5-12)27(31)32/h2-10,19,28H,1H3/b20-18+. The number of ketones is 1. The number of aliphatic hydroxyl groups is 1. The van der Waals surface area contributed by atoms with Gasteiger partial charge in [0.05, 0.1) is 20.7 Å². The number of nitrogens with zero attached hydrogens (tertiary/aromatic N) is 3. The van der Waals surface area contributed by atoms with Crippen LogP contribution in [-0.2, 0) is 9.59 Å². The van der Waals surface area contributed by atoms with Crippen LogP contribution in [0.25, 0.3) is 16.0 Å². The maximum Gasteiger partial charge on any atom is 0.301 e. The van der Waals surface area contributed by atoms with Gasteiger partial charge in [-0.05, 0) is 48.2 Å². The highest BCUT2D eigenvalue weighted by atomic mass is 35.5. The lowest BCUT2D eigenvalue weighted by atomic mass is 10.00. The summed E-state index contributed by atoms with van der Waals surface area (Å²) in [6.45, 7) is 1.86. The van der Waals surface area contributed by atoms with Crippen molar-refractivity contribution in [1.29, 1.82) is 0 Å². The Kier molecular flexibility index (Phi) is 5.43. The molecule has 1 N–H and O–H groups in total. The molecule has 170 valence electrons. The Labute approximate surface area is 205 Å². The summed E-state index contributed by atoms with van der Waals surface area (Å²) in [6.07, 6.45) is 0. The molecule has 0 aliphatic carbocycles. The summed E-state index contributed by atoms with van der Waals surface area (Å²) in [5, 5.41) is 24.7. The van der Waals surface area contributed by atoms with Crippen molar-refractivity contribution >= 4 is 72.8 Å². The van der Waals surface area contributed by atoms with E-state index in [-0.39, 0.29) is 16.8 Å². The molecule has 0 radical (unpaired) electrons. The highest BCUT2D eigenvalue weighted by molar-refractivity contribution is 7.22. The quantitative estimate of drug-likeness (QED) is 0.121. The second kappa shape index (κ2) is 8.32. The first-order valence-electron chi connectivity index (χ1n) is 9.92. The molecule has 3 heterocycles. The van der Waals surface area contributed by atoms with Crippen LogP contribution in [0.1, 0.15) is 22.0 Å². The molecule has 2 aromatic heterocycles. The van der Waals surface area contributed by atoms with Crippen LogP contribution < -0.4 is 4.90 Å². The van der Waals surface area contributed by atoms with Gasteiger partial charge in [-0.25, -0.2) is 4.98 Å².